The highest BCUT2D eigenvalue weighted by molar-refractivity contribution is 5.90. The van der Waals surface area contributed by atoms with E-state index in [0.717, 1.165) is 31.4 Å². The van der Waals surface area contributed by atoms with Crippen LogP contribution < -0.4 is 14.8 Å². The molecule has 0 bridgehead atoms. The number of ether oxygens (including phenoxy) is 2. The van der Waals surface area contributed by atoms with Crippen LogP contribution in [-0.2, 0) is 4.79 Å². The van der Waals surface area contributed by atoms with Gasteiger partial charge in [0.1, 0.15) is 11.5 Å². The van der Waals surface area contributed by atoms with Crippen molar-refractivity contribution in [2.75, 3.05) is 18.5 Å². The molecule has 20 heavy (non-hydrogen) atoms. The van der Waals surface area contributed by atoms with Crippen LogP contribution in [0.2, 0.25) is 0 Å². The van der Waals surface area contributed by atoms with Gasteiger partial charge in [-0.1, -0.05) is 26.7 Å². The van der Waals surface area contributed by atoms with Crippen LogP contribution in [0.25, 0.3) is 0 Å². The Balaban J connectivity index is 2.74. The topological polar surface area (TPSA) is 47.6 Å². The standard InChI is InChI=1S/C16H25NO3/c1-4-6-10-19-14-8-9-16(20-11-7-5-2)15(12-14)17-13(3)18/h8-9,12H,4-7,10-11H2,1-3H3,(H,17,18). The molecule has 4 nitrogen and oxygen atoms in total. The van der Waals surface area contributed by atoms with E-state index in [1.54, 1.807) is 0 Å². The maximum Gasteiger partial charge on any atom is 0.221 e. The largest absolute Gasteiger partial charge is 0.494 e. The van der Waals surface area contributed by atoms with Crippen LogP contribution in [0.15, 0.2) is 18.2 Å². The quantitative estimate of drug-likeness (QED) is 0.695. The average molecular weight is 279 g/mol. The third kappa shape index (κ3) is 5.95. The van der Waals surface area contributed by atoms with Gasteiger partial charge in [0, 0.05) is 13.0 Å². The van der Waals surface area contributed by atoms with Gasteiger partial charge in [0.25, 0.3) is 0 Å². The first kappa shape index (κ1) is 16.3. The Morgan fingerprint density at radius 2 is 1.75 bits per heavy atom. The number of nitrogens with one attached hydrogen (secondary N) is 1. The maximum atomic E-state index is 11.3. The zero-order chi connectivity index (χ0) is 14.8. The molecule has 0 atom stereocenters. The normalized spacial score (nSPS) is 10.2. The van der Waals surface area contributed by atoms with Crippen molar-refractivity contribution in [3.05, 3.63) is 18.2 Å². The predicted molar refractivity (Wildman–Crippen MR) is 81.6 cm³/mol. The summed E-state index contributed by atoms with van der Waals surface area (Å²) < 4.78 is 11.3. The lowest BCUT2D eigenvalue weighted by Gasteiger charge is -2.14. The van der Waals surface area contributed by atoms with E-state index in [4.69, 9.17) is 9.47 Å². The minimum absolute atomic E-state index is 0.115. The molecule has 1 N–H and O–H groups in total. The van der Waals surface area contributed by atoms with E-state index in [2.05, 4.69) is 19.2 Å². The molecule has 0 saturated heterocycles. The molecule has 0 heterocycles. The summed E-state index contributed by atoms with van der Waals surface area (Å²) in [5.74, 6) is 1.33. The first-order chi connectivity index (χ1) is 9.67. The van der Waals surface area contributed by atoms with Crippen LogP contribution in [0.4, 0.5) is 5.69 Å². The first-order valence-electron chi connectivity index (χ1n) is 7.34. The Bertz CT molecular complexity index is 418. The van der Waals surface area contributed by atoms with Gasteiger partial charge in [-0.05, 0) is 25.0 Å². The van der Waals surface area contributed by atoms with E-state index in [0.29, 0.717) is 24.7 Å². The zero-order valence-electron chi connectivity index (χ0n) is 12.7. The molecule has 0 radical (unpaired) electrons. The number of hydrogen-bond acceptors (Lipinski definition) is 3. The number of anilines is 1. The average Bonchev–Trinajstić information content (AvgIpc) is 2.41. The van der Waals surface area contributed by atoms with Crippen molar-refractivity contribution in [2.45, 2.75) is 46.5 Å². The Morgan fingerprint density at radius 1 is 1.10 bits per heavy atom. The van der Waals surface area contributed by atoms with Gasteiger partial charge in [-0.3, -0.25) is 4.79 Å². The molecule has 1 rings (SSSR count). The van der Waals surface area contributed by atoms with E-state index in [9.17, 15) is 4.79 Å². The first-order valence-corrected chi connectivity index (χ1v) is 7.34. The van der Waals surface area contributed by atoms with Gasteiger partial charge in [-0.15, -0.1) is 0 Å². The maximum absolute atomic E-state index is 11.3. The lowest BCUT2D eigenvalue weighted by molar-refractivity contribution is -0.114. The molecule has 0 aliphatic carbocycles. The van der Waals surface area contributed by atoms with Crippen molar-refractivity contribution >= 4 is 11.6 Å². The summed E-state index contributed by atoms with van der Waals surface area (Å²) in [7, 11) is 0. The van der Waals surface area contributed by atoms with Crippen molar-refractivity contribution < 1.29 is 14.3 Å². The van der Waals surface area contributed by atoms with Gasteiger partial charge < -0.3 is 14.8 Å². The predicted octanol–water partition coefficient (Wildman–Crippen LogP) is 4.00. The minimum atomic E-state index is -0.115. The molecule has 1 aromatic carbocycles. The number of unbranched alkanes of at least 4 members (excludes halogenated alkanes) is 2. The highest BCUT2D eigenvalue weighted by Crippen LogP contribution is 2.29. The highest BCUT2D eigenvalue weighted by Gasteiger charge is 2.07. The lowest BCUT2D eigenvalue weighted by Crippen LogP contribution is -2.09. The smallest absolute Gasteiger partial charge is 0.221 e. The fourth-order valence-corrected chi connectivity index (χ4v) is 1.67. The molecule has 112 valence electrons. The van der Waals surface area contributed by atoms with Gasteiger partial charge in [0.15, 0.2) is 0 Å². The van der Waals surface area contributed by atoms with Crippen LogP contribution in [0.3, 0.4) is 0 Å². The van der Waals surface area contributed by atoms with Crippen molar-refractivity contribution in [2.24, 2.45) is 0 Å². The van der Waals surface area contributed by atoms with Crippen LogP contribution >= 0.6 is 0 Å². The number of carbonyl (C=O) groups excluding carboxylic acids is 1. The summed E-state index contributed by atoms with van der Waals surface area (Å²) in [6.07, 6.45) is 4.18. The summed E-state index contributed by atoms with van der Waals surface area (Å²) in [6, 6.07) is 5.54. The van der Waals surface area contributed by atoms with Crippen LogP contribution in [-0.4, -0.2) is 19.1 Å². The van der Waals surface area contributed by atoms with Crippen LogP contribution in [0.1, 0.15) is 46.5 Å². The molecule has 0 unspecified atom stereocenters. The summed E-state index contributed by atoms with van der Waals surface area (Å²) in [4.78, 5) is 11.3. The molecule has 0 saturated carbocycles. The van der Waals surface area contributed by atoms with Crippen molar-refractivity contribution in [1.82, 2.24) is 0 Å². The second kappa shape index (κ2) is 9.23. The molecule has 1 aromatic rings. The third-order valence-corrected chi connectivity index (χ3v) is 2.78. The summed E-state index contributed by atoms with van der Waals surface area (Å²) in [5, 5.41) is 2.79. The van der Waals surface area contributed by atoms with Gasteiger partial charge in [0.2, 0.25) is 5.91 Å². The molecule has 0 aliphatic heterocycles. The van der Waals surface area contributed by atoms with Crippen LogP contribution in [0, 0.1) is 0 Å². The Kier molecular flexibility index (Phi) is 7.55. The number of amides is 1. The SMILES string of the molecule is CCCCOc1ccc(OCCCC)c(NC(C)=O)c1. The fraction of sp³-hybridized carbons (Fsp3) is 0.562. The highest BCUT2D eigenvalue weighted by atomic mass is 16.5. The Labute approximate surface area is 121 Å². The molecule has 0 spiro atoms. The molecular formula is C16H25NO3. The molecule has 0 fully saturated rings. The van der Waals surface area contributed by atoms with E-state index in [1.807, 2.05) is 18.2 Å². The van der Waals surface area contributed by atoms with E-state index >= 15 is 0 Å². The van der Waals surface area contributed by atoms with Crippen molar-refractivity contribution in [3.8, 4) is 11.5 Å². The van der Waals surface area contributed by atoms with E-state index in [1.165, 1.54) is 6.92 Å². The summed E-state index contributed by atoms with van der Waals surface area (Å²) in [5.41, 5.74) is 0.669. The summed E-state index contributed by atoms with van der Waals surface area (Å²) >= 11 is 0. The van der Waals surface area contributed by atoms with Gasteiger partial charge in [0.05, 0.1) is 18.9 Å². The van der Waals surface area contributed by atoms with Gasteiger partial charge in [-0.2, -0.15) is 0 Å². The van der Waals surface area contributed by atoms with E-state index < -0.39 is 0 Å². The Hall–Kier alpha value is -1.71. The number of rotatable bonds is 9. The number of benzene rings is 1. The van der Waals surface area contributed by atoms with Gasteiger partial charge in [-0.25, -0.2) is 0 Å². The van der Waals surface area contributed by atoms with Crippen LogP contribution in [0.5, 0.6) is 11.5 Å². The Morgan fingerprint density at radius 3 is 2.35 bits per heavy atom. The number of hydrogen-bond donors (Lipinski definition) is 1. The lowest BCUT2D eigenvalue weighted by atomic mass is 10.2. The van der Waals surface area contributed by atoms with E-state index in [-0.39, 0.29) is 5.91 Å². The van der Waals surface area contributed by atoms with Crippen molar-refractivity contribution in [3.63, 3.8) is 0 Å². The monoisotopic (exact) mass is 279 g/mol. The molecular weight excluding hydrogens is 254 g/mol. The number of carbonyl (C=O) groups is 1. The third-order valence-electron chi connectivity index (χ3n) is 2.78. The molecule has 1 amide bonds. The van der Waals surface area contributed by atoms with Gasteiger partial charge >= 0.3 is 0 Å². The molecule has 0 aliphatic rings. The second-order valence-electron chi connectivity index (χ2n) is 4.74. The minimum Gasteiger partial charge on any atom is -0.494 e. The zero-order valence-corrected chi connectivity index (χ0v) is 12.7. The summed E-state index contributed by atoms with van der Waals surface area (Å²) in [6.45, 7) is 7.06. The second-order valence-corrected chi connectivity index (χ2v) is 4.74. The van der Waals surface area contributed by atoms with Crippen molar-refractivity contribution in [1.29, 1.82) is 0 Å². The molecule has 0 aromatic heterocycles. The fourth-order valence-electron chi connectivity index (χ4n) is 1.67. The molecule has 4 heteroatoms.